The zero-order chi connectivity index (χ0) is 10.5. The molecule has 0 amide bonds. The molecule has 3 heteroatoms. The normalized spacial score (nSPS) is 18.2. The zero-order valence-electron chi connectivity index (χ0n) is 9.46. The molecule has 2 rings (SSSR count). The molecule has 0 radical (unpaired) electrons. The SMILES string of the molecule is CCNCc1nc(C2CCCCC2)cs1. The maximum absolute atomic E-state index is 4.73. The highest BCUT2D eigenvalue weighted by Crippen LogP contribution is 2.32. The van der Waals surface area contributed by atoms with E-state index in [1.54, 1.807) is 0 Å². The van der Waals surface area contributed by atoms with Crippen LogP contribution in [0.15, 0.2) is 5.38 Å². The molecule has 2 nitrogen and oxygen atoms in total. The average Bonchev–Trinajstić information content (AvgIpc) is 2.76. The Morgan fingerprint density at radius 1 is 1.40 bits per heavy atom. The Morgan fingerprint density at radius 2 is 2.20 bits per heavy atom. The van der Waals surface area contributed by atoms with Gasteiger partial charge in [0.2, 0.25) is 0 Å². The molecule has 0 saturated heterocycles. The first-order valence-electron chi connectivity index (χ1n) is 6.05. The molecule has 1 fully saturated rings. The molecule has 1 saturated carbocycles. The summed E-state index contributed by atoms with van der Waals surface area (Å²) in [4.78, 5) is 4.73. The molecule has 0 atom stereocenters. The van der Waals surface area contributed by atoms with Gasteiger partial charge in [-0.2, -0.15) is 0 Å². The molecule has 1 aliphatic rings. The second-order valence-electron chi connectivity index (χ2n) is 4.28. The van der Waals surface area contributed by atoms with Crippen LogP contribution in [0, 0.1) is 0 Å². The van der Waals surface area contributed by atoms with Gasteiger partial charge in [0.15, 0.2) is 0 Å². The smallest absolute Gasteiger partial charge is 0.107 e. The first-order valence-corrected chi connectivity index (χ1v) is 6.93. The number of hydrogen-bond donors (Lipinski definition) is 1. The molecule has 1 aromatic heterocycles. The van der Waals surface area contributed by atoms with Crippen LogP contribution in [0.25, 0.3) is 0 Å². The Labute approximate surface area is 96.1 Å². The van der Waals surface area contributed by atoms with Gasteiger partial charge in [-0.25, -0.2) is 4.98 Å². The van der Waals surface area contributed by atoms with Gasteiger partial charge in [0.1, 0.15) is 5.01 Å². The fraction of sp³-hybridized carbons (Fsp3) is 0.750. The highest BCUT2D eigenvalue weighted by Gasteiger charge is 2.17. The molecular weight excluding hydrogens is 204 g/mol. The molecule has 84 valence electrons. The van der Waals surface area contributed by atoms with Crippen LogP contribution in [0.2, 0.25) is 0 Å². The largest absolute Gasteiger partial charge is 0.311 e. The highest BCUT2D eigenvalue weighted by atomic mass is 32.1. The van der Waals surface area contributed by atoms with E-state index in [4.69, 9.17) is 4.98 Å². The minimum absolute atomic E-state index is 0.755. The van der Waals surface area contributed by atoms with Crippen LogP contribution < -0.4 is 5.32 Å². The number of nitrogens with one attached hydrogen (secondary N) is 1. The van der Waals surface area contributed by atoms with Gasteiger partial charge in [-0.1, -0.05) is 26.2 Å². The Bertz CT molecular complexity index is 290. The Morgan fingerprint density at radius 3 is 2.93 bits per heavy atom. The summed E-state index contributed by atoms with van der Waals surface area (Å²) in [5, 5.41) is 6.84. The lowest BCUT2D eigenvalue weighted by Gasteiger charge is -2.19. The maximum atomic E-state index is 4.73. The summed E-state index contributed by atoms with van der Waals surface area (Å²) in [5.41, 5.74) is 1.35. The monoisotopic (exact) mass is 224 g/mol. The topological polar surface area (TPSA) is 24.9 Å². The van der Waals surface area contributed by atoms with Gasteiger partial charge < -0.3 is 5.32 Å². The summed E-state index contributed by atoms with van der Waals surface area (Å²) in [6, 6.07) is 0. The molecular formula is C12H20N2S. The standard InChI is InChI=1S/C12H20N2S/c1-2-13-8-12-14-11(9-15-12)10-6-4-3-5-7-10/h9-10,13H,2-8H2,1H3. The minimum atomic E-state index is 0.755. The lowest BCUT2D eigenvalue weighted by atomic mass is 9.87. The van der Waals surface area contributed by atoms with E-state index in [0.29, 0.717) is 0 Å². The number of thiazole rings is 1. The summed E-state index contributed by atoms with van der Waals surface area (Å²) in [7, 11) is 0. The lowest BCUT2D eigenvalue weighted by Crippen LogP contribution is -2.12. The van der Waals surface area contributed by atoms with E-state index in [9.17, 15) is 0 Å². The van der Waals surface area contributed by atoms with Gasteiger partial charge in [0.25, 0.3) is 0 Å². The first-order chi connectivity index (χ1) is 7.40. The summed E-state index contributed by atoms with van der Waals surface area (Å²) < 4.78 is 0. The Hall–Kier alpha value is -0.410. The second kappa shape index (κ2) is 5.61. The van der Waals surface area contributed by atoms with Crippen molar-refractivity contribution >= 4 is 11.3 Å². The first kappa shape index (κ1) is 11.1. The van der Waals surface area contributed by atoms with Gasteiger partial charge in [-0.05, 0) is 19.4 Å². The third kappa shape index (κ3) is 3.02. The molecule has 0 unspecified atom stereocenters. The van der Waals surface area contributed by atoms with Crippen molar-refractivity contribution in [3.05, 3.63) is 16.1 Å². The molecule has 0 bridgehead atoms. The van der Waals surface area contributed by atoms with Crippen molar-refractivity contribution in [2.45, 2.75) is 51.5 Å². The molecule has 0 spiro atoms. The minimum Gasteiger partial charge on any atom is -0.311 e. The Kier molecular flexibility index (Phi) is 4.15. The van der Waals surface area contributed by atoms with Gasteiger partial charge in [0, 0.05) is 17.8 Å². The molecule has 1 heterocycles. The Balaban J connectivity index is 1.93. The third-order valence-electron chi connectivity index (χ3n) is 3.12. The van der Waals surface area contributed by atoms with E-state index in [2.05, 4.69) is 17.6 Å². The molecule has 15 heavy (non-hydrogen) atoms. The number of aromatic nitrogens is 1. The molecule has 1 N–H and O–H groups in total. The fourth-order valence-corrected chi connectivity index (χ4v) is 3.07. The van der Waals surface area contributed by atoms with Gasteiger partial charge in [-0.3, -0.25) is 0 Å². The summed E-state index contributed by atoms with van der Waals surface area (Å²) >= 11 is 1.81. The highest BCUT2D eigenvalue weighted by molar-refractivity contribution is 7.09. The van der Waals surface area contributed by atoms with Crippen molar-refractivity contribution < 1.29 is 0 Å². The van der Waals surface area contributed by atoms with Crippen LogP contribution in [-0.2, 0) is 6.54 Å². The predicted molar refractivity (Wildman–Crippen MR) is 65.3 cm³/mol. The summed E-state index contributed by atoms with van der Waals surface area (Å²) in [6.07, 6.45) is 6.91. The van der Waals surface area contributed by atoms with E-state index < -0.39 is 0 Å². The van der Waals surface area contributed by atoms with Gasteiger partial charge in [0.05, 0.1) is 5.69 Å². The van der Waals surface area contributed by atoms with E-state index in [1.165, 1.54) is 42.8 Å². The van der Waals surface area contributed by atoms with Crippen LogP contribution in [0.4, 0.5) is 0 Å². The third-order valence-corrected chi connectivity index (χ3v) is 3.99. The van der Waals surface area contributed by atoms with Gasteiger partial charge >= 0.3 is 0 Å². The summed E-state index contributed by atoms with van der Waals surface area (Å²) in [5.74, 6) is 0.755. The molecule has 0 aliphatic heterocycles. The number of hydrogen-bond acceptors (Lipinski definition) is 3. The van der Waals surface area contributed by atoms with E-state index in [1.807, 2.05) is 11.3 Å². The van der Waals surface area contributed by atoms with Crippen LogP contribution in [0.1, 0.15) is 55.6 Å². The average molecular weight is 224 g/mol. The molecule has 0 aromatic carbocycles. The number of nitrogens with zero attached hydrogens (tertiary/aromatic N) is 1. The fourth-order valence-electron chi connectivity index (χ4n) is 2.22. The number of rotatable bonds is 4. The summed E-state index contributed by atoms with van der Waals surface area (Å²) in [6.45, 7) is 4.10. The van der Waals surface area contributed by atoms with Crippen LogP contribution >= 0.6 is 11.3 Å². The quantitative estimate of drug-likeness (QED) is 0.849. The van der Waals surface area contributed by atoms with Gasteiger partial charge in [-0.15, -0.1) is 11.3 Å². The van der Waals surface area contributed by atoms with E-state index in [-0.39, 0.29) is 0 Å². The van der Waals surface area contributed by atoms with Crippen molar-refractivity contribution in [2.75, 3.05) is 6.54 Å². The van der Waals surface area contributed by atoms with Crippen molar-refractivity contribution in [2.24, 2.45) is 0 Å². The molecule has 1 aliphatic carbocycles. The van der Waals surface area contributed by atoms with E-state index in [0.717, 1.165) is 19.0 Å². The second-order valence-corrected chi connectivity index (χ2v) is 5.22. The van der Waals surface area contributed by atoms with Crippen LogP contribution in [0.5, 0.6) is 0 Å². The zero-order valence-corrected chi connectivity index (χ0v) is 10.3. The van der Waals surface area contributed by atoms with E-state index >= 15 is 0 Å². The van der Waals surface area contributed by atoms with Crippen molar-refractivity contribution in [3.8, 4) is 0 Å². The van der Waals surface area contributed by atoms with Crippen LogP contribution in [0.3, 0.4) is 0 Å². The maximum Gasteiger partial charge on any atom is 0.107 e. The lowest BCUT2D eigenvalue weighted by molar-refractivity contribution is 0.437. The molecule has 1 aromatic rings. The van der Waals surface area contributed by atoms with Crippen molar-refractivity contribution in [1.82, 2.24) is 10.3 Å². The van der Waals surface area contributed by atoms with Crippen molar-refractivity contribution in [1.29, 1.82) is 0 Å². The predicted octanol–water partition coefficient (Wildman–Crippen LogP) is 3.30. The van der Waals surface area contributed by atoms with Crippen LogP contribution in [-0.4, -0.2) is 11.5 Å². The van der Waals surface area contributed by atoms with Crippen molar-refractivity contribution in [3.63, 3.8) is 0 Å².